The van der Waals surface area contributed by atoms with Crippen LogP contribution in [0.1, 0.15) is 32.8 Å². The van der Waals surface area contributed by atoms with Gasteiger partial charge in [0.25, 0.3) is 5.91 Å². The molecule has 30 heavy (non-hydrogen) atoms. The summed E-state index contributed by atoms with van der Waals surface area (Å²) in [7, 11) is 0. The third-order valence-corrected chi connectivity index (χ3v) is 5.33. The number of hydrogen-bond acceptors (Lipinski definition) is 4. The van der Waals surface area contributed by atoms with Crippen LogP contribution in [0.25, 0.3) is 11.1 Å². The highest BCUT2D eigenvalue weighted by molar-refractivity contribution is 5.87. The van der Waals surface area contributed by atoms with Gasteiger partial charge in [-0.15, -0.1) is 0 Å². The van der Waals surface area contributed by atoms with Crippen LogP contribution in [0.3, 0.4) is 0 Å². The molecule has 1 N–H and O–H groups in total. The van der Waals surface area contributed by atoms with Crippen molar-refractivity contribution < 1.29 is 14.3 Å². The van der Waals surface area contributed by atoms with Crippen LogP contribution < -0.4 is 5.32 Å². The van der Waals surface area contributed by atoms with E-state index in [0.717, 1.165) is 16.7 Å². The maximum absolute atomic E-state index is 13.0. The summed E-state index contributed by atoms with van der Waals surface area (Å²) in [5, 5.41) is 2.90. The van der Waals surface area contributed by atoms with Gasteiger partial charge in [-0.1, -0.05) is 38.1 Å². The second kappa shape index (κ2) is 9.85. The lowest BCUT2D eigenvalue weighted by molar-refractivity contribution is -0.166. The SMILES string of the molecule is CCNC(=O)[C@]1(Cc2ccc(-c3ccncc3)cc2)CN(C(=O)CC(C)C)CCO1. The molecule has 0 radical (unpaired) electrons. The first-order valence-electron chi connectivity index (χ1n) is 10.6. The third-order valence-electron chi connectivity index (χ3n) is 5.33. The van der Waals surface area contributed by atoms with Gasteiger partial charge in [0.15, 0.2) is 5.60 Å². The molecule has 0 bridgehead atoms. The van der Waals surface area contributed by atoms with E-state index >= 15 is 0 Å². The van der Waals surface area contributed by atoms with Crippen molar-refractivity contribution >= 4 is 11.8 Å². The molecule has 1 aliphatic rings. The van der Waals surface area contributed by atoms with E-state index in [1.807, 2.05) is 57.2 Å². The van der Waals surface area contributed by atoms with Crippen LogP contribution in [0.4, 0.5) is 0 Å². The number of pyridine rings is 1. The van der Waals surface area contributed by atoms with Crippen molar-refractivity contribution in [2.45, 2.75) is 39.2 Å². The zero-order valence-electron chi connectivity index (χ0n) is 18.1. The zero-order valence-corrected chi connectivity index (χ0v) is 18.1. The average Bonchev–Trinajstić information content (AvgIpc) is 2.75. The number of hydrogen-bond donors (Lipinski definition) is 1. The van der Waals surface area contributed by atoms with Gasteiger partial charge < -0.3 is 15.0 Å². The molecule has 1 aliphatic heterocycles. The molecule has 2 aromatic rings. The highest BCUT2D eigenvalue weighted by Crippen LogP contribution is 2.27. The topological polar surface area (TPSA) is 71.5 Å². The van der Waals surface area contributed by atoms with Gasteiger partial charge in [-0.05, 0) is 41.7 Å². The molecule has 0 aliphatic carbocycles. The van der Waals surface area contributed by atoms with E-state index in [9.17, 15) is 9.59 Å². The zero-order chi connectivity index (χ0) is 21.6. The highest BCUT2D eigenvalue weighted by atomic mass is 16.5. The van der Waals surface area contributed by atoms with Crippen molar-refractivity contribution in [2.75, 3.05) is 26.2 Å². The summed E-state index contributed by atoms with van der Waals surface area (Å²) in [4.78, 5) is 31.5. The number of carbonyl (C=O) groups excluding carboxylic acids is 2. The van der Waals surface area contributed by atoms with Crippen LogP contribution in [-0.2, 0) is 20.7 Å². The summed E-state index contributed by atoms with van der Waals surface area (Å²) >= 11 is 0. The van der Waals surface area contributed by atoms with Gasteiger partial charge in [0, 0.05) is 38.3 Å². The van der Waals surface area contributed by atoms with Crippen LogP contribution in [-0.4, -0.2) is 53.5 Å². The molecule has 6 nitrogen and oxygen atoms in total. The smallest absolute Gasteiger partial charge is 0.254 e. The van der Waals surface area contributed by atoms with Crippen molar-refractivity contribution in [1.29, 1.82) is 0 Å². The molecule has 160 valence electrons. The first-order chi connectivity index (χ1) is 14.4. The lowest BCUT2D eigenvalue weighted by atomic mass is 9.90. The minimum absolute atomic E-state index is 0.0787. The summed E-state index contributed by atoms with van der Waals surface area (Å²) < 4.78 is 6.07. The molecule has 2 amide bonds. The molecule has 1 atom stereocenters. The molecule has 0 saturated carbocycles. The number of amides is 2. The molecule has 1 aromatic heterocycles. The third kappa shape index (κ3) is 5.25. The first-order valence-corrected chi connectivity index (χ1v) is 10.6. The normalized spacial score (nSPS) is 19.0. The molecular weight excluding hydrogens is 378 g/mol. The van der Waals surface area contributed by atoms with Crippen LogP contribution in [0, 0.1) is 5.92 Å². The number of rotatable bonds is 7. The molecule has 6 heteroatoms. The molecule has 0 unspecified atom stereocenters. The molecule has 2 heterocycles. The quantitative estimate of drug-likeness (QED) is 0.763. The number of morpholine rings is 1. The molecule has 1 aromatic carbocycles. The molecule has 3 rings (SSSR count). The van der Waals surface area contributed by atoms with Crippen LogP contribution in [0.5, 0.6) is 0 Å². The van der Waals surface area contributed by atoms with E-state index in [1.54, 1.807) is 17.3 Å². The maximum Gasteiger partial charge on any atom is 0.254 e. The Morgan fingerprint density at radius 3 is 2.43 bits per heavy atom. The van der Waals surface area contributed by atoms with Crippen molar-refractivity contribution in [3.05, 3.63) is 54.4 Å². The number of likely N-dealkylation sites (N-methyl/N-ethyl adjacent to an activating group) is 1. The highest BCUT2D eigenvalue weighted by Gasteiger charge is 2.44. The van der Waals surface area contributed by atoms with Crippen LogP contribution in [0.15, 0.2) is 48.8 Å². The van der Waals surface area contributed by atoms with Crippen molar-refractivity contribution in [2.24, 2.45) is 5.92 Å². The Labute approximate surface area is 178 Å². The second-order valence-corrected chi connectivity index (χ2v) is 8.23. The number of nitrogens with one attached hydrogen (secondary N) is 1. The van der Waals surface area contributed by atoms with E-state index in [4.69, 9.17) is 4.74 Å². The van der Waals surface area contributed by atoms with Gasteiger partial charge in [0.1, 0.15) is 0 Å². The Kier molecular flexibility index (Phi) is 7.21. The van der Waals surface area contributed by atoms with Gasteiger partial charge >= 0.3 is 0 Å². The number of nitrogens with zero attached hydrogens (tertiary/aromatic N) is 2. The van der Waals surface area contributed by atoms with Crippen molar-refractivity contribution in [3.63, 3.8) is 0 Å². The molecule has 1 fully saturated rings. The standard InChI is InChI=1S/C24H31N3O3/c1-4-26-23(29)24(17-27(13-14-30-24)22(28)15-18(2)3)16-19-5-7-20(8-6-19)21-9-11-25-12-10-21/h5-12,18H,4,13-17H2,1-3H3,(H,26,29)/t24-/m0/s1. The fourth-order valence-electron chi connectivity index (χ4n) is 3.81. The fraction of sp³-hybridized carbons (Fsp3) is 0.458. The average molecular weight is 410 g/mol. The van der Waals surface area contributed by atoms with Crippen molar-refractivity contribution in [3.8, 4) is 11.1 Å². The van der Waals surface area contributed by atoms with Gasteiger partial charge in [-0.25, -0.2) is 0 Å². The predicted octanol–water partition coefficient (Wildman–Crippen LogP) is 3.07. The summed E-state index contributed by atoms with van der Waals surface area (Å²) in [6.07, 6.45) is 4.44. The summed E-state index contributed by atoms with van der Waals surface area (Å²) in [5.74, 6) is 0.195. The van der Waals surface area contributed by atoms with Gasteiger partial charge in [-0.3, -0.25) is 14.6 Å². The van der Waals surface area contributed by atoms with Gasteiger partial charge in [-0.2, -0.15) is 0 Å². The summed E-state index contributed by atoms with van der Waals surface area (Å²) in [6, 6.07) is 12.1. The monoisotopic (exact) mass is 409 g/mol. The Morgan fingerprint density at radius 2 is 1.80 bits per heavy atom. The Hall–Kier alpha value is -2.73. The number of aromatic nitrogens is 1. The maximum atomic E-state index is 13.0. The Balaban J connectivity index is 1.81. The van der Waals surface area contributed by atoms with E-state index in [0.29, 0.717) is 32.5 Å². The van der Waals surface area contributed by atoms with Crippen LogP contribution in [0.2, 0.25) is 0 Å². The van der Waals surface area contributed by atoms with Crippen LogP contribution >= 0.6 is 0 Å². The minimum Gasteiger partial charge on any atom is -0.361 e. The number of benzene rings is 1. The summed E-state index contributed by atoms with van der Waals surface area (Å²) in [5.41, 5.74) is 2.11. The second-order valence-electron chi connectivity index (χ2n) is 8.23. The van der Waals surface area contributed by atoms with Crippen molar-refractivity contribution in [1.82, 2.24) is 15.2 Å². The number of carbonyl (C=O) groups is 2. The minimum atomic E-state index is -1.07. The van der Waals surface area contributed by atoms with E-state index in [2.05, 4.69) is 10.3 Å². The predicted molar refractivity (Wildman–Crippen MR) is 117 cm³/mol. The number of ether oxygens (including phenoxy) is 1. The van der Waals surface area contributed by atoms with E-state index in [1.165, 1.54) is 0 Å². The van der Waals surface area contributed by atoms with Gasteiger partial charge in [0.2, 0.25) is 5.91 Å². The van der Waals surface area contributed by atoms with E-state index in [-0.39, 0.29) is 24.3 Å². The summed E-state index contributed by atoms with van der Waals surface area (Å²) in [6.45, 7) is 7.62. The molecule has 0 spiro atoms. The fourth-order valence-corrected chi connectivity index (χ4v) is 3.81. The largest absolute Gasteiger partial charge is 0.361 e. The first kappa shape index (κ1) is 22.0. The molecule has 1 saturated heterocycles. The Bertz CT molecular complexity index is 852. The van der Waals surface area contributed by atoms with E-state index < -0.39 is 5.60 Å². The lowest BCUT2D eigenvalue weighted by Crippen LogP contribution is -2.62. The van der Waals surface area contributed by atoms with Gasteiger partial charge in [0.05, 0.1) is 13.2 Å². The lowest BCUT2D eigenvalue weighted by Gasteiger charge is -2.42. The Morgan fingerprint density at radius 1 is 1.13 bits per heavy atom. The molecular formula is C24H31N3O3.